The third kappa shape index (κ3) is 6.05. The summed E-state index contributed by atoms with van der Waals surface area (Å²) in [6.07, 6.45) is 7.03. The van der Waals surface area contributed by atoms with Crippen LogP contribution >= 0.6 is 0 Å². The smallest absolute Gasteiger partial charge is 0.318 e. The highest BCUT2D eigenvalue weighted by Crippen LogP contribution is 2.40. The van der Waals surface area contributed by atoms with Gasteiger partial charge in [-0.3, -0.25) is 4.90 Å². The molecule has 0 amide bonds. The first-order chi connectivity index (χ1) is 20.9. The van der Waals surface area contributed by atoms with Crippen molar-refractivity contribution < 1.29 is 18.3 Å². The molecule has 2 fully saturated rings. The maximum atomic E-state index is 16.2. The topological polar surface area (TPSA) is 75.6 Å². The number of hydrogen-bond acceptors (Lipinski definition) is 8. The monoisotopic (exact) mass is 588 g/mol. The molecular weight excluding hydrogens is 550 g/mol. The van der Waals surface area contributed by atoms with Gasteiger partial charge in [-0.05, 0) is 30.8 Å². The van der Waals surface area contributed by atoms with E-state index in [0.29, 0.717) is 48.0 Å². The van der Waals surface area contributed by atoms with Crippen LogP contribution in [0.3, 0.4) is 0 Å². The maximum Gasteiger partial charge on any atom is 0.318 e. The van der Waals surface area contributed by atoms with Gasteiger partial charge in [0.25, 0.3) is 0 Å². The lowest BCUT2D eigenvalue weighted by Gasteiger charge is -2.29. The zero-order valence-corrected chi connectivity index (χ0v) is 25.2. The Morgan fingerprint density at radius 1 is 1.02 bits per heavy atom. The Morgan fingerprint density at radius 2 is 1.77 bits per heavy atom. The Morgan fingerprint density at radius 3 is 2.40 bits per heavy atom. The predicted molar refractivity (Wildman–Crippen MR) is 167 cm³/mol. The molecule has 8 nitrogen and oxygen atoms in total. The number of alkyl halides is 1. The quantitative estimate of drug-likeness (QED) is 0.308. The summed E-state index contributed by atoms with van der Waals surface area (Å²) >= 11 is 0. The van der Waals surface area contributed by atoms with Crippen molar-refractivity contribution in [1.29, 1.82) is 0 Å². The van der Waals surface area contributed by atoms with E-state index >= 15 is 4.39 Å². The number of fused-ring (bicyclic) bond motifs is 2. The number of rotatable bonds is 6. The number of hydrogen-bond donors (Lipinski definition) is 1. The molecule has 6 rings (SSSR count). The molecule has 0 radical (unpaired) electrons. The molecule has 10 heteroatoms. The number of ether oxygens (including phenoxy) is 2. The largest absolute Gasteiger partial charge is 0.480 e. The zero-order valence-electron chi connectivity index (χ0n) is 25.2. The second-order valence-electron chi connectivity index (χ2n) is 10.6. The van der Waals surface area contributed by atoms with E-state index in [9.17, 15) is 4.39 Å². The molecule has 2 aliphatic heterocycles. The van der Waals surface area contributed by atoms with Crippen LogP contribution in [0.15, 0.2) is 36.4 Å². The number of benzene rings is 2. The predicted octanol–water partition coefficient (Wildman–Crippen LogP) is 5.22. The number of likely N-dealkylation sites (tertiary alicyclic amines) is 1. The number of nitrogens with zero attached hydrogens (tertiary/aromatic N) is 5. The van der Waals surface area contributed by atoms with Crippen LogP contribution in [0.1, 0.15) is 32.3 Å². The molecule has 1 N–H and O–H groups in total. The first kappa shape index (κ1) is 30.4. The number of anilines is 1. The minimum absolute atomic E-state index is 0.0800. The molecule has 2 aromatic heterocycles. The van der Waals surface area contributed by atoms with Crippen molar-refractivity contribution in [2.45, 2.75) is 38.9 Å². The second kappa shape index (κ2) is 13.5. The number of aromatic nitrogens is 3. The van der Waals surface area contributed by atoms with Gasteiger partial charge in [0.1, 0.15) is 28.6 Å². The minimum atomic E-state index is -0.581. The van der Waals surface area contributed by atoms with E-state index < -0.39 is 12.0 Å². The Balaban J connectivity index is 0.000000314. The highest BCUT2D eigenvalue weighted by molar-refractivity contribution is 6.03. The number of halogens is 2. The van der Waals surface area contributed by atoms with Crippen LogP contribution < -0.4 is 19.7 Å². The lowest BCUT2D eigenvalue weighted by molar-refractivity contribution is 0.251. The molecule has 0 bridgehead atoms. The van der Waals surface area contributed by atoms with Crippen LogP contribution in [0.2, 0.25) is 0 Å². The summed E-state index contributed by atoms with van der Waals surface area (Å²) in [5.74, 6) is 2.90. The molecule has 2 saturated heterocycles. The summed E-state index contributed by atoms with van der Waals surface area (Å²) in [5, 5.41) is 5.36. The molecule has 4 aromatic rings. The lowest BCUT2D eigenvalue weighted by Crippen LogP contribution is -2.44. The van der Waals surface area contributed by atoms with E-state index in [1.54, 1.807) is 6.07 Å². The molecule has 226 valence electrons. The first-order valence-corrected chi connectivity index (χ1v) is 14.8. The van der Waals surface area contributed by atoms with E-state index in [2.05, 4.69) is 49.8 Å². The average Bonchev–Trinajstić information content (AvgIpc) is 3.44. The van der Waals surface area contributed by atoms with Gasteiger partial charge in [-0.25, -0.2) is 13.8 Å². The summed E-state index contributed by atoms with van der Waals surface area (Å²) in [7, 11) is 2.97. The van der Waals surface area contributed by atoms with E-state index in [0.717, 1.165) is 43.2 Å². The summed E-state index contributed by atoms with van der Waals surface area (Å²) in [6.45, 7) is 8.87. The molecule has 2 atom stereocenters. The maximum absolute atomic E-state index is 16.2. The minimum Gasteiger partial charge on any atom is -0.480 e. The fraction of sp³-hybridized carbons (Fsp3) is 0.424. The summed E-state index contributed by atoms with van der Waals surface area (Å²) in [5.41, 5.74) is 1.43. The van der Waals surface area contributed by atoms with Gasteiger partial charge in [0, 0.05) is 55.3 Å². The van der Waals surface area contributed by atoms with Gasteiger partial charge < -0.3 is 19.7 Å². The van der Waals surface area contributed by atoms with Crippen LogP contribution in [-0.2, 0) is 0 Å². The molecule has 2 unspecified atom stereocenters. The molecule has 2 aromatic carbocycles. The van der Waals surface area contributed by atoms with Gasteiger partial charge in [-0.15, -0.1) is 6.42 Å². The van der Waals surface area contributed by atoms with Gasteiger partial charge in [-0.1, -0.05) is 50.1 Å². The lowest BCUT2D eigenvalue weighted by atomic mass is 9.96. The van der Waals surface area contributed by atoms with Crippen LogP contribution in [0.4, 0.5) is 14.6 Å². The van der Waals surface area contributed by atoms with Gasteiger partial charge in [0.05, 0.1) is 14.2 Å². The molecule has 2 aliphatic rings. The molecular formula is C33H38F2N6O2. The van der Waals surface area contributed by atoms with Crippen molar-refractivity contribution in [3.63, 3.8) is 0 Å². The van der Waals surface area contributed by atoms with Gasteiger partial charge >= 0.3 is 6.01 Å². The normalized spacial score (nSPS) is 18.8. The van der Waals surface area contributed by atoms with E-state index in [1.807, 2.05) is 30.3 Å². The Hall–Kier alpha value is -4.07. The van der Waals surface area contributed by atoms with Crippen LogP contribution in [-0.4, -0.2) is 85.6 Å². The number of nitrogens with one attached hydrogen (secondary N) is 1. The molecule has 4 heterocycles. The number of pyridine rings is 1. The van der Waals surface area contributed by atoms with Crippen molar-refractivity contribution in [3.8, 4) is 35.5 Å². The van der Waals surface area contributed by atoms with Gasteiger partial charge in [-0.2, -0.15) is 9.97 Å². The van der Waals surface area contributed by atoms with Crippen molar-refractivity contribution >= 4 is 27.5 Å². The third-order valence-corrected chi connectivity index (χ3v) is 8.17. The summed E-state index contributed by atoms with van der Waals surface area (Å²) in [6, 6.07) is 11.8. The third-order valence-electron chi connectivity index (χ3n) is 8.17. The van der Waals surface area contributed by atoms with Gasteiger partial charge in [0.2, 0.25) is 5.88 Å². The van der Waals surface area contributed by atoms with Crippen molar-refractivity contribution in [2.75, 3.05) is 58.4 Å². The molecule has 0 saturated carbocycles. The van der Waals surface area contributed by atoms with Crippen LogP contribution in [0.25, 0.3) is 32.9 Å². The Kier molecular flexibility index (Phi) is 9.53. The van der Waals surface area contributed by atoms with Gasteiger partial charge in [0.15, 0.2) is 5.82 Å². The zero-order chi connectivity index (χ0) is 30.5. The van der Waals surface area contributed by atoms with Crippen molar-refractivity contribution in [2.24, 2.45) is 0 Å². The highest BCUT2D eigenvalue weighted by atomic mass is 19.1. The molecule has 43 heavy (non-hydrogen) atoms. The number of methoxy groups -OCH3 is 2. The summed E-state index contributed by atoms with van der Waals surface area (Å²) < 4.78 is 39.9. The fourth-order valence-corrected chi connectivity index (χ4v) is 6.02. The van der Waals surface area contributed by atoms with E-state index in [-0.39, 0.29) is 23.1 Å². The van der Waals surface area contributed by atoms with Crippen LogP contribution in [0.5, 0.6) is 11.9 Å². The van der Waals surface area contributed by atoms with E-state index in [1.165, 1.54) is 14.2 Å². The first-order valence-electron chi connectivity index (χ1n) is 14.8. The number of terminal acetylenes is 1. The highest BCUT2D eigenvalue weighted by Gasteiger charge is 2.29. The van der Waals surface area contributed by atoms with Crippen molar-refractivity contribution in [1.82, 2.24) is 25.2 Å². The fourth-order valence-electron chi connectivity index (χ4n) is 6.02. The summed E-state index contributed by atoms with van der Waals surface area (Å²) in [4.78, 5) is 17.8. The van der Waals surface area contributed by atoms with Crippen molar-refractivity contribution in [3.05, 3.63) is 47.8 Å². The Bertz CT molecular complexity index is 1620. The number of piperazine rings is 1. The SMILES string of the molecule is C#Cc1cccc2cccc(-c3nc(OC)c4c(N5CCNCC5)nc(OC)nc4c3F)c12.CCC1CC(F)CN1CC. The molecule has 0 spiro atoms. The standard InChI is InChI=1S/C25H22FN5O2.C8H16FN/c1-4-15-7-5-8-16-9-6-10-17(18(15)16)21-20(26)22-19(24(28-21)32-2)23(30-25(29-22)33-3)31-13-11-27-12-14-31;1-3-8-5-7(9)6-10(8)4-2/h1,5-10,27H,11-14H2,2-3H3;7-8H,3-6H2,1-2H3. The van der Waals surface area contributed by atoms with Crippen LogP contribution in [0, 0.1) is 18.2 Å². The Labute approximate surface area is 251 Å². The molecule has 0 aliphatic carbocycles. The average molecular weight is 589 g/mol. The second-order valence-corrected chi connectivity index (χ2v) is 10.6. The van der Waals surface area contributed by atoms with E-state index in [4.69, 9.17) is 15.9 Å².